The molecule has 2 aliphatic heterocycles. The Morgan fingerprint density at radius 2 is 2.25 bits per heavy atom. The lowest BCUT2D eigenvalue weighted by atomic mass is 10.1. The first-order chi connectivity index (χ1) is 9.79. The van der Waals surface area contributed by atoms with E-state index in [9.17, 15) is 4.79 Å². The lowest BCUT2D eigenvalue weighted by Crippen LogP contribution is -2.43. The Morgan fingerprint density at radius 3 is 2.95 bits per heavy atom. The van der Waals surface area contributed by atoms with Gasteiger partial charge in [-0.2, -0.15) is 0 Å². The average molecular weight is 275 g/mol. The predicted octanol–water partition coefficient (Wildman–Crippen LogP) is 1.12. The number of ether oxygens (including phenoxy) is 1. The van der Waals surface area contributed by atoms with E-state index in [1.807, 2.05) is 17.0 Å². The monoisotopic (exact) mass is 275 g/mol. The van der Waals surface area contributed by atoms with Crippen LogP contribution < -0.4 is 5.32 Å². The average Bonchev–Trinajstić information content (AvgIpc) is 3.16. The smallest absolute Gasteiger partial charge is 0.240 e. The number of pyridine rings is 1. The molecule has 2 aliphatic rings. The summed E-state index contributed by atoms with van der Waals surface area (Å²) in [4.78, 5) is 18.8. The molecular weight excluding hydrogens is 254 g/mol. The van der Waals surface area contributed by atoms with Crippen LogP contribution in [0.15, 0.2) is 24.5 Å². The topological polar surface area (TPSA) is 54.5 Å². The van der Waals surface area contributed by atoms with Crippen LogP contribution in [0.4, 0.5) is 0 Å². The summed E-state index contributed by atoms with van der Waals surface area (Å²) < 4.78 is 5.32. The first-order valence-corrected chi connectivity index (χ1v) is 7.26. The van der Waals surface area contributed by atoms with Crippen molar-refractivity contribution < 1.29 is 9.53 Å². The quantitative estimate of drug-likeness (QED) is 0.898. The number of amides is 1. The second-order valence-corrected chi connectivity index (χ2v) is 5.52. The molecular formula is C15H21N3O2. The molecule has 2 fully saturated rings. The minimum atomic E-state index is -0.0950. The Kier molecular flexibility index (Phi) is 3.98. The van der Waals surface area contributed by atoms with Gasteiger partial charge in [0, 0.05) is 32.6 Å². The zero-order chi connectivity index (χ0) is 13.9. The van der Waals surface area contributed by atoms with E-state index in [0.717, 1.165) is 32.4 Å². The van der Waals surface area contributed by atoms with E-state index in [1.165, 1.54) is 5.56 Å². The number of nitrogens with one attached hydrogen (secondary N) is 1. The summed E-state index contributed by atoms with van der Waals surface area (Å²) in [5.41, 5.74) is 1.19. The Bertz CT molecular complexity index is 465. The van der Waals surface area contributed by atoms with Gasteiger partial charge < -0.3 is 15.0 Å². The molecule has 0 radical (unpaired) electrons. The fourth-order valence-electron chi connectivity index (χ4n) is 3.23. The molecule has 5 heteroatoms. The molecule has 3 atom stereocenters. The summed E-state index contributed by atoms with van der Waals surface area (Å²) in [5.74, 6) is 0.212. The van der Waals surface area contributed by atoms with Gasteiger partial charge in [-0.15, -0.1) is 0 Å². The number of hydrogen-bond donors (Lipinski definition) is 1. The Morgan fingerprint density at radius 1 is 1.45 bits per heavy atom. The molecule has 1 aromatic rings. The molecule has 0 aliphatic carbocycles. The fraction of sp³-hybridized carbons (Fsp3) is 0.600. The first kappa shape index (κ1) is 13.5. The van der Waals surface area contributed by atoms with Crippen molar-refractivity contribution in [2.45, 2.75) is 37.5 Å². The van der Waals surface area contributed by atoms with Crippen molar-refractivity contribution in [2.75, 3.05) is 20.2 Å². The standard InChI is InChI=1S/C15H21N3O2/c1-20-12-9-13(17-10-12)15(19)18-8-2-3-14(18)11-4-6-16-7-5-11/h4-7,12-14,17H,2-3,8-10H2,1H3. The maximum Gasteiger partial charge on any atom is 0.240 e. The molecule has 5 nitrogen and oxygen atoms in total. The minimum Gasteiger partial charge on any atom is -0.380 e. The molecule has 20 heavy (non-hydrogen) atoms. The van der Waals surface area contributed by atoms with Crippen LogP contribution in [0.3, 0.4) is 0 Å². The Balaban J connectivity index is 1.71. The molecule has 1 amide bonds. The van der Waals surface area contributed by atoms with Crippen molar-refractivity contribution in [1.82, 2.24) is 15.2 Å². The second kappa shape index (κ2) is 5.89. The van der Waals surface area contributed by atoms with Crippen LogP contribution in [-0.2, 0) is 9.53 Å². The lowest BCUT2D eigenvalue weighted by molar-refractivity contribution is -0.134. The van der Waals surface area contributed by atoms with Crippen molar-refractivity contribution >= 4 is 5.91 Å². The fourth-order valence-corrected chi connectivity index (χ4v) is 3.23. The molecule has 3 heterocycles. The van der Waals surface area contributed by atoms with E-state index in [0.29, 0.717) is 0 Å². The second-order valence-electron chi connectivity index (χ2n) is 5.52. The summed E-state index contributed by atoms with van der Waals surface area (Å²) in [6.45, 7) is 1.61. The van der Waals surface area contributed by atoms with Crippen molar-refractivity contribution in [3.05, 3.63) is 30.1 Å². The minimum absolute atomic E-state index is 0.0950. The van der Waals surface area contributed by atoms with E-state index >= 15 is 0 Å². The normalized spacial score (nSPS) is 29.9. The molecule has 108 valence electrons. The van der Waals surface area contributed by atoms with Gasteiger partial charge in [0.05, 0.1) is 18.2 Å². The molecule has 3 unspecified atom stereocenters. The number of rotatable bonds is 3. The summed E-state index contributed by atoms with van der Waals surface area (Å²) in [5, 5.41) is 3.28. The summed E-state index contributed by atoms with van der Waals surface area (Å²) in [7, 11) is 1.70. The number of likely N-dealkylation sites (tertiary alicyclic amines) is 1. The van der Waals surface area contributed by atoms with Crippen LogP contribution in [0.2, 0.25) is 0 Å². The maximum atomic E-state index is 12.7. The van der Waals surface area contributed by atoms with Crippen LogP contribution in [0.25, 0.3) is 0 Å². The Labute approximate surface area is 119 Å². The highest BCUT2D eigenvalue weighted by molar-refractivity contribution is 5.83. The molecule has 0 aromatic carbocycles. The van der Waals surface area contributed by atoms with Gasteiger partial charge in [-0.3, -0.25) is 9.78 Å². The Hall–Kier alpha value is -1.46. The first-order valence-electron chi connectivity index (χ1n) is 7.26. The van der Waals surface area contributed by atoms with E-state index in [1.54, 1.807) is 19.5 Å². The molecule has 2 saturated heterocycles. The van der Waals surface area contributed by atoms with Crippen molar-refractivity contribution in [3.63, 3.8) is 0 Å². The van der Waals surface area contributed by atoms with Crippen molar-refractivity contribution in [3.8, 4) is 0 Å². The summed E-state index contributed by atoms with van der Waals surface area (Å²) in [6.07, 6.45) is 6.63. The molecule has 0 saturated carbocycles. The van der Waals surface area contributed by atoms with Gasteiger partial charge in [0.15, 0.2) is 0 Å². The summed E-state index contributed by atoms with van der Waals surface area (Å²) >= 11 is 0. The summed E-state index contributed by atoms with van der Waals surface area (Å²) in [6, 6.07) is 4.13. The zero-order valence-corrected chi connectivity index (χ0v) is 11.8. The van der Waals surface area contributed by atoms with E-state index in [2.05, 4.69) is 10.3 Å². The third kappa shape index (κ3) is 2.55. The van der Waals surface area contributed by atoms with Gasteiger partial charge in [-0.05, 0) is 37.0 Å². The third-order valence-electron chi connectivity index (χ3n) is 4.35. The number of carbonyl (C=O) groups is 1. The van der Waals surface area contributed by atoms with Gasteiger partial charge >= 0.3 is 0 Å². The van der Waals surface area contributed by atoms with Crippen LogP contribution >= 0.6 is 0 Å². The van der Waals surface area contributed by atoms with E-state index < -0.39 is 0 Å². The predicted molar refractivity (Wildman–Crippen MR) is 75.1 cm³/mol. The number of methoxy groups -OCH3 is 1. The largest absolute Gasteiger partial charge is 0.380 e. The number of aromatic nitrogens is 1. The highest BCUT2D eigenvalue weighted by Gasteiger charge is 2.37. The van der Waals surface area contributed by atoms with Gasteiger partial charge in [0.25, 0.3) is 0 Å². The van der Waals surface area contributed by atoms with E-state index in [4.69, 9.17) is 4.74 Å². The van der Waals surface area contributed by atoms with Gasteiger partial charge in [0.1, 0.15) is 0 Å². The van der Waals surface area contributed by atoms with Crippen LogP contribution in [0, 0.1) is 0 Å². The van der Waals surface area contributed by atoms with Gasteiger partial charge in [-0.1, -0.05) is 0 Å². The number of hydrogen-bond acceptors (Lipinski definition) is 4. The van der Waals surface area contributed by atoms with Crippen molar-refractivity contribution in [1.29, 1.82) is 0 Å². The number of nitrogens with zero attached hydrogens (tertiary/aromatic N) is 2. The van der Waals surface area contributed by atoms with Gasteiger partial charge in [0.2, 0.25) is 5.91 Å². The molecule has 1 aromatic heterocycles. The maximum absolute atomic E-state index is 12.7. The number of carbonyl (C=O) groups excluding carboxylic acids is 1. The lowest BCUT2D eigenvalue weighted by Gasteiger charge is -2.27. The van der Waals surface area contributed by atoms with Crippen LogP contribution in [0.5, 0.6) is 0 Å². The molecule has 0 bridgehead atoms. The molecule has 0 spiro atoms. The van der Waals surface area contributed by atoms with Crippen LogP contribution in [-0.4, -0.2) is 48.1 Å². The SMILES string of the molecule is COC1CNC(C(=O)N2CCCC2c2ccncc2)C1. The highest BCUT2D eigenvalue weighted by Crippen LogP contribution is 2.32. The zero-order valence-electron chi connectivity index (χ0n) is 11.8. The molecule has 3 rings (SSSR count). The van der Waals surface area contributed by atoms with Crippen molar-refractivity contribution in [2.24, 2.45) is 0 Å². The van der Waals surface area contributed by atoms with E-state index in [-0.39, 0.29) is 24.1 Å². The molecule has 1 N–H and O–H groups in total. The van der Waals surface area contributed by atoms with Crippen LogP contribution in [0.1, 0.15) is 30.9 Å². The highest BCUT2D eigenvalue weighted by atomic mass is 16.5. The van der Waals surface area contributed by atoms with Gasteiger partial charge in [-0.25, -0.2) is 0 Å². The third-order valence-corrected chi connectivity index (χ3v) is 4.35.